The van der Waals surface area contributed by atoms with Crippen molar-refractivity contribution in [1.82, 2.24) is 0 Å². The zero-order valence-corrected chi connectivity index (χ0v) is 17.7. The normalized spacial score (nSPS) is 15.5. The summed E-state index contributed by atoms with van der Waals surface area (Å²) >= 11 is 5.83. The molecule has 3 heteroatoms. The number of benzene rings is 1. The second-order valence-corrected chi connectivity index (χ2v) is 8.72. The lowest BCUT2D eigenvalue weighted by atomic mass is 9.88. The Hall–Kier alpha value is -1.02. The summed E-state index contributed by atoms with van der Waals surface area (Å²) in [5.41, 5.74) is 2.18. The molecule has 0 aromatic heterocycles. The van der Waals surface area contributed by atoms with Crippen molar-refractivity contribution in [3.05, 3.63) is 29.3 Å². The van der Waals surface area contributed by atoms with Crippen LogP contribution in [0.5, 0.6) is 5.75 Å². The van der Waals surface area contributed by atoms with Crippen LogP contribution in [0, 0.1) is 5.41 Å². The number of ether oxygens (including phenoxy) is 1. The number of rotatable bonds is 9. The minimum Gasteiger partial charge on any atom is -0.480 e. The molecule has 142 valence electrons. The van der Waals surface area contributed by atoms with Crippen LogP contribution >= 0.6 is 11.6 Å². The van der Waals surface area contributed by atoms with Crippen LogP contribution in [-0.2, 0) is 4.79 Å². The SMILES string of the molecule is CCCC(C)c1ccc(OC(C(=O)Cl)C(C)(C)C)c(C(C)CCC)c1. The van der Waals surface area contributed by atoms with Gasteiger partial charge < -0.3 is 4.74 Å². The molecule has 0 bridgehead atoms. The van der Waals surface area contributed by atoms with Gasteiger partial charge in [-0.25, -0.2) is 0 Å². The smallest absolute Gasteiger partial charge is 0.262 e. The van der Waals surface area contributed by atoms with Gasteiger partial charge >= 0.3 is 0 Å². The third-order valence-electron chi connectivity index (χ3n) is 4.81. The zero-order chi connectivity index (χ0) is 19.2. The van der Waals surface area contributed by atoms with Gasteiger partial charge in [0.25, 0.3) is 5.24 Å². The average molecular weight is 367 g/mol. The first-order valence-corrected chi connectivity index (χ1v) is 9.99. The molecular weight excluding hydrogens is 332 g/mol. The molecule has 2 nitrogen and oxygen atoms in total. The van der Waals surface area contributed by atoms with Crippen LogP contribution in [-0.4, -0.2) is 11.3 Å². The van der Waals surface area contributed by atoms with Crippen LogP contribution in [0.3, 0.4) is 0 Å². The van der Waals surface area contributed by atoms with E-state index in [9.17, 15) is 4.79 Å². The first-order chi connectivity index (χ1) is 11.6. The molecule has 0 saturated heterocycles. The molecule has 0 saturated carbocycles. The third kappa shape index (κ3) is 6.33. The summed E-state index contributed by atoms with van der Waals surface area (Å²) in [4.78, 5) is 11.9. The molecule has 25 heavy (non-hydrogen) atoms. The van der Waals surface area contributed by atoms with E-state index in [2.05, 4.69) is 39.8 Å². The van der Waals surface area contributed by atoms with Crippen molar-refractivity contribution in [2.45, 2.75) is 92.1 Å². The quantitative estimate of drug-likeness (QED) is 0.437. The first-order valence-electron chi connectivity index (χ1n) is 9.61. The Morgan fingerprint density at radius 1 is 1.08 bits per heavy atom. The minimum atomic E-state index is -0.652. The Bertz CT molecular complexity index is 560. The molecule has 0 aliphatic heterocycles. The van der Waals surface area contributed by atoms with E-state index in [0.717, 1.165) is 18.6 Å². The highest BCUT2D eigenvalue weighted by atomic mass is 35.5. The molecule has 3 unspecified atom stereocenters. The van der Waals surface area contributed by atoms with Crippen LogP contribution < -0.4 is 4.74 Å². The molecule has 0 amide bonds. The van der Waals surface area contributed by atoms with Gasteiger partial charge in [0.05, 0.1) is 0 Å². The topological polar surface area (TPSA) is 26.3 Å². The summed E-state index contributed by atoms with van der Waals surface area (Å²) < 4.78 is 6.15. The molecule has 0 heterocycles. The van der Waals surface area contributed by atoms with Gasteiger partial charge in [-0.05, 0) is 53.5 Å². The second kappa shape index (κ2) is 9.62. The number of hydrogen-bond donors (Lipinski definition) is 0. The summed E-state index contributed by atoms with van der Waals surface area (Å²) in [6, 6.07) is 6.44. The van der Waals surface area contributed by atoms with Crippen molar-refractivity contribution in [3.63, 3.8) is 0 Å². The van der Waals surface area contributed by atoms with Crippen molar-refractivity contribution in [2.75, 3.05) is 0 Å². The van der Waals surface area contributed by atoms with Crippen LogP contribution in [0.1, 0.15) is 97.1 Å². The molecule has 1 aromatic carbocycles. The van der Waals surface area contributed by atoms with Gasteiger partial charge in [0, 0.05) is 5.41 Å². The maximum atomic E-state index is 11.9. The van der Waals surface area contributed by atoms with Gasteiger partial charge in [-0.2, -0.15) is 0 Å². The van der Waals surface area contributed by atoms with E-state index in [0.29, 0.717) is 11.8 Å². The molecule has 1 aromatic rings. The molecule has 0 aliphatic rings. The number of hydrogen-bond acceptors (Lipinski definition) is 2. The molecular formula is C22H35ClO2. The van der Waals surface area contributed by atoms with E-state index >= 15 is 0 Å². The van der Waals surface area contributed by atoms with Gasteiger partial charge in [0.1, 0.15) is 5.75 Å². The lowest BCUT2D eigenvalue weighted by molar-refractivity contribution is -0.122. The maximum absolute atomic E-state index is 11.9. The highest BCUT2D eigenvalue weighted by molar-refractivity contribution is 6.64. The Labute approximate surface area is 159 Å². The minimum absolute atomic E-state index is 0.349. The van der Waals surface area contributed by atoms with Gasteiger partial charge in [-0.15, -0.1) is 0 Å². The Balaban J connectivity index is 3.26. The molecule has 3 atom stereocenters. The van der Waals surface area contributed by atoms with E-state index in [-0.39, 0.29) is 5.41 Å². The first kappa shape index (κ1) is 22.0. The van der Waals surface area contributed by atoms with Crippen molar-refractivity contribution < 1.29 is 9.53 Å². The molecule has 0 aliphatic carbocycles. The highest BCUT2D eigenvalue weighted by Gasteiger charge is 2.33. The van der Waals surface area contributed by atoms with Gasteiger partial charge in [-0.1, -0.05) is 73.4 Å². The van der Waals surface area contributed by atoms with Gasteiger partial charge in [-0.3, -0.25) is 4.79 Å². The van der Waals surface area contributed by atoms with Crippen molar-refractivity contribution in [1.29, 1.82) is 0 Å². The van der Waals surface area contributed by atoms with Gasteiger partial charge in [0.15, 0.2) is 6.10 Å². The Morgan fingerprint density at radius 3 is 2.12 bits per heavy atom. The summed E-state index contributed by atoms with van der Waals surface area (Å²) in [5.74, 6) is 1.71. The standard InChI is InChI=1S/C22H35ClO2/c1-8-10-15(3)17-12-13-19(18(14-17)16(4)11-9-2)25-20(21(23)24)22(5,6)7/h12-16,20H,8-11H2,1-7H3. The summed E-state index contributed by atoms with van der Waals surface area (Å²) in [6.07, 6.45) is 3.91. The van der Waals surface area contributed by atoms with E-state index in [4.69, 9.17) is 16.3 Å². The fraction of sp³-hybridized carbons (Fsp3) is 0.682. The Kier molecular flexibility index (Phi) is 8.47. The van der Waals surface area contributed by atoms with E-state index in [1.54, 1.807) is 0 Å². The zero-order valence-electron chi connectivity index (χ0n) is 17.0. The number of halogens is 1. The fourth-order valence-electron chi connectivity index (χ4n) is 3.24. The lowest BCUT2D eigenvalue weighted by Gasteiger charge is -2.30. The average Bonchev–Trinajstić information content (AvgIpc) is 2.51. The second-order valence-electron chi connectivity index (χ2n) is 8.34. The molecule has 1 rings (SSSR count). The largest absolute Gasteiger partial charge is 0.480 e. The lowest BCUT2D eigenvalue weighted by Crippen LogP contribution is -2.37. The monoisotopic (exact) mass is 366 g/mol. The van der Waals surface area contributed by atoms with Crippen molar-refractivity contribution >= 4 is 16.8 Å². The third-order valence-corrected chi connectivity index (χ3v) is 5.01. The highest BCUT2D eigenvalue weighted by Crippen LogP contribution is 2.36. The van der Waals surface area contributed by atoms with Crippen LogP contribution in [0.25, 0.3) is 0 Å². The van der Waals surface area contributed by atoms with Crippen LogP contribution in [0.4, 0.5) is 0 Å². The molecule has 0 radical (unpaired) electrons. The maximum Gasteiger partial charge on any atom is 0.262 e. The molecule has 0 spiro atoms. The summed E-state index contributed by atoms with van der Waals surface area (Å²) in [7, 11) is 0. The predicted octanol–water partition coefficient (Wildman–Crippen LogP) is 7.05. The van der Waals surface area contributed by atoms with E-state index in [1.807, 2.05) is 26.8 Å². The number of carbonyl (C=O) groups is 1. The van der Waals surface area contributed by atoms with Gasteiger partial charge in [0.2, 0.25) is 0 Å². The van der Waals surface area contributed by atoms with Crippen molar-refractivity contribution in [3.8, 4) is 5.75 Å². The fourth-order valence-corrected chi connectivity index (χ4v) is 3.62. The summed E-state index contributed by atoms with van der Waals surface area (Å²) in [5, 5.41) is -0.440. The molecule has 0 fully saturated rings. The molecule has 0 N–H and O–H groups in total. The van der Waals surface area contributed by atoms with E-state index < -0.39 is 11.3 Å². The summed E-state index contributed by atoms with van der Waals surface area (Å²) in [6.45, 7) is 14.8. The van der Waals surface area contributed by atoms with Crippen LogP contribution in [0.15, 0.2) is 18.2 Å². The van der Waals surface area contributed by atoms with Crippen LogP contribution in [0.2, 0.25) is 0 Å². The number of carbonyl (C=O) groups excluding carboxylic acids is 1. The van der Waals surface area contributed by atoms with Crippen molar-refractivity contribution in [2.24, 2.45) is 5.41 Å². The predicted molar refractivity (Wildman–Crippen MR) is 108 cm³/mol. The Morgan fingerprint density at radius 2 is 1.64 bits per heavy atom. The van der Waals surface area contributed by atoms with E-state index in [1.165, 1.54) is 24.0 Å².